The molecule has 0 aliphatic rings. The van der Waals surface area contributed by atoms with E-state index in [1.54, 1.807) is 6.92 Å². The predicted molar refractivity (Wildman–Crippen MR) is 73.0 cm³/mol. The Kier molecular flexibility index (Phi) is 4.03. The first-order valence-electron chi connectivity index (χ1n) is 6.42. The van der Waals surface area contributed by atoms with Gasteiger partial charge >= 0.3 is 0 Å². The van der Waals surface area contributed by atoms with Gasteiger partial charge in [-0.25, -0.2) is 0 Å². The standard InChI is InChI=1S/C15H19NO2/c1-3-11-18-15-6-4-5-14-13(15)8-10-16(14)9-7-12(2)17/h4-6,8,10H,3,7,9,11H2,1-2H3. The van der Waals surface area contributed by atoms with Crippen molar-refractivity contribution >= 4 is 16.7 Å². The van der Waals surface area contributed by atoms with E-state index in [0.717, 1.165) is 36.2 Å². The van der Waals surface area contributed by atoms with Crippen molar-refractivity contribution in [3.63, 3.8) is 0 Å². The zero-order chi connectivity index (χ0) is 13.0. The minimum absolute atomic E-state index is 0.218. The lowest BCUT2D eigenvalue weighted by Gasteiger charge is -2.07. The second kappa shape index (κ2) is 5.71. The topological polar surface area (TPSA) is 31.2 Å². The highest BCUT2D eigenvalue weighted by molar-refractivity contribution is 5.86. The van der Waals surface area contributed by atoms with Crippen molar-refractivity contribution in [2.24, 2.45) is 0 Å². The van der Waals surface area contributed by atoms with E-state index in [-0.39, 0.29) is 5.78 Å². The number of aryl methyl sites for hydroxylation is 1. The van der Waals surface area contributed by atoms with Crippen molar-refractivity contribution in [1.29, 1.82) is 0 Å². The average Bonchev–Trinajstić information content (AvgIpc) is 2.77. The molecule has 1 heterocycles. The van der Waals surface area contributed by atoms with E-state index in [0.29, 0.717) is 6.42 Å². The molecule has 1 aromatic heterocycles. The van der Waals surface area contributed by atoms with E-state index >= 15 is 0 Å². The molecule has 0 N–H and O–H groups in total. The van der Waals surface area contributed by atoms with Crippen molar-refractivity contribution in [3.05, 3.63) is 30.5 Å². The normalized spacial score (nSPS) is 10.8. The minimum atomic E-state index is 0.218. The summed E-state index contributed by atoms with van der Waals surface area (Å²) in [5, 5.41) is 1.12. The van der Waals surface area contributed by atoms with Gasteiger partial charge in [0, 0.05) is 24.5 Å². The molecule has 0 aliphatic carbocycles. The first-order chi connectivity index (χ1) is 8.72. The van der Waals surface area contributed by atoms with E-state index in [1.165, 1.54) is 0 Å². The number of carbonyl (C=O) groups is 1. The predicted octanol–water partition coefficient (Wildman–Crippen LogP) is 3.41. The van der Waals surface area contributed by atoms with Gasteiger partial charge in [-0.1, -0.05) is 13.0 Å². The lowest BCUT2D eigenvalue weighted by atomic mass is 10.2. The Labute approximate surface area is 107 Å². The summed E-state index contributed by atoms with van der Waals surface area (Å²) in [7, 11) is 0. The molecule has 0 spiro atoms. The maximum Gasteiger partial charge on any atom is 0.131 e. The van der Waals surface area contributed by atoms with Gasteiger partial charge in [-0.2, -0.15) is 0 Å². The number of aromatic nitrogens is 1. The fraction of sp³-hybridized carbons (Fsp3) is 0.400. The molecule has 3 nitrogen and oxygen atoms in total. The summed E-state index contributed by atoms with van der Waals surface area (Å²) in [6, 6.07) is 8.11. The van der Waals surface area contributed by atoms with Crippen LogP contribution in [0.25, 0.3) is 10.9 Å². The first-order valence-corrected chi connectivity index (χ1v) is 6.42. The Morgan fingerprint density at radius 1 is 1.33 bits per heavy atom. The van der Waals surface area contributed by atoms with E-state index < -0.39 is 0 Å². The number of benzene rings is 1. The smallest absolute Gasteiger partial charge is 0.131 e. The fourth-order valence-corrected chi connectivity index (χ4v) is 2.01. The third kappa shape index (κ3) is 2.73. The van der Waals surface area contributed by atoms with E-state index in [9.17, 15) is 4.79 Å². The number of hydrogen-bond acceptors (Lipinski definition) is 2. The summed E-state index contributed by atoms with van der Waals surface area (Å²) < 4.78 is 7.83. The van der Waals surface area contributed by atoms with Gasteiger partial charge in [-0.05, 0) is 31.5 Å². The van der Waals surface area contributed by atoms with Gasteiger partial charge in [0.15, 0.2) is 0 Å². The summed E-state index contributed by atoms with van der Waals surface area (Å²) >= 11 is 0. The van der Waals surface area contributed by atoms with Crippen molar-refractivity contribution in [2.75, 3.05) is 6.61 Å². The Morgan fingerprint density at radius 3 is 2.89 bits per heavy atom. The zero-order valence-electron chi connectivity index (χ0n) is 11.0. The molecule has 0 saturated heterocycles. The average molecular weight is 245 g/mol. The number of fused-ring (bicyclic) bond motifs is 1. The minimum Gasteiger partial charge on any atom is -0.493 e. The molecule has 0 radical (unpaired) electrons. The van der Waals surface area contributed by atoms with Crippen LogP contribution in [0.1, 0.15) is 26.7 Å². The zero-order valence-corrected chi connectivity index (χ0v) is 11.0. The van der Waals surface area contributed by atoms with Crippen LogP contribution >= 0.6 is 0 Å². The van der Waals surface area contributed by atoms with Crippen LogP contribution in [0, 0.1) is 0 Å². The van der Waals surface area contributed by atoms with Crippen LogP contribution in [-0.2, 0) is 11.3 Å². The lowest BCUT2D eigenvalue weighted by Crippen LogP contribution is -2.01. The molecule has 0 aliphatic heterocycles. The molecule has 0 fully saturated rings. The van der Waals surface area contributed by atoms with Crippen LogP contribution in [0.5, 0.6) is 5.75 Å². The molecule has 2 rings (SSSR count). The number of Topliss-reactive ketones (excluding diaryl/α,β-unsaturated/α-hetero) is 1. The maximum absolute atomic E-state index is 11.0. The Balaban J connectivity index is 2.26. The van der Waals surface area contributed by atoms with Gasteiger partial charge in [0.2, 0.25) is 0 Å². The van der Waals surface area contributed by atoms with Crippen LogP contribution in [0.3, 0.4) is 0 Å². The molecule has 2 aromatic rings. The molecule has 18 heavy (non-hydrogen) atoms. The fourth-order valence-electron chi connectivity index (χ4n) is 2.01. The second-order valence-corrected chi connectivity index (χ2v) is 4.50. The lowest BCUT2D eigenvalue weighted by molar-refractivity contribution is -0.117. The van der Waals surface area contributed by atoms with Crippen molar-refractivity contribution in [3.8, 4) is 5.75 Å². The summed E-state index contributed by atoms with van der Waals surface area (Å²) in [4.78, 5) is 11.0. The van der Waals surface area contributed by atoms with Crippen molar-refractivity contribution in [1.82, 2.24) is 4.57 Å². The SMILES string of the molecule is CCCOc1cccc2c1ccn2CCC(C)=O. The first kappa shape index (κ1) is 12.7. The quantitative estimate of drug-likeness (QED) is 0.781. The van der Waals surface area contributed by atoms with Crippen LogP contribution in [0.15, 0.2) is 30.5 Å². The molecular weight excluding hydrogens is 226 g/mol. The van der Waals surface area contributed by atoms with Gasteiger partial charge in [-0.3, -0.25) is 4.79 Å². The van der Waals surface area contributed by atoms with E-state index in [1.807, 2.05) is 18.3 Å². The molecule has 3 heteroatoms. The number of hydrogen-bond donors (Lipinski definition) is 0. The monoisotopic (exact) mass is 245 g/mol. The van der Waals surface area contributed by atoms with E-state index in [4.69, 9.17) is 4.74 Å². The highest BCUT2D eigenvalue weighted by atomic mass is 16.5. The molecule has 0 bridgehead atoms. The summed E-state index contributed by atoms with van der Waals surface area (Å²) in [5.41, 5.74) is 1.13. The van der Waals surface area contributed by atoms with Crippen LogP contribution in [0.4, 0.5) is 0 Å². The Morgan fingerprint density at radius 2 is 2.17 bits per heavy atom. The Bertz CT molecular complexity index is 542. The summed E-state index contributed by atoms with van der Waals surface area (Å²) in [6.45, 7) is 5.19. The van der Waals surface area contributed by atoms with Gasteiger partial charge in [0.25, 0.3) is 0 Å². The third-order valence-corrected chi connectivity index (χ3v) is 2.94. The number of carbonyl (C=O) groups excluding carboxylic acids is 1. The second-order valence-electron chi connectivity index (χ2n) is 4.50. The molecule has 0 unspecified atom stereocenters. The molecule has 0 atom stereocenters. The summed E-state index contributed by atoms with van der Waals surface area (Å²) in [6.07, 6.45) is 3.59. The van der Waals surface area contributed by atoms with Crippen molar-refractivity contribution < 1.29 is 9.53 Å². The van der Waals surface area contributed by atoms with Gasteiger partial charge in [0.1, 0.15) is 11.5 Å². The van der Waals surface area contributed by atoms with Gasteiger partial charge < -0.3 is 9.30 Å². The number of rotatable bonds is 6. The number of ketones is 1. The highest BCUT2D eigenvalue weighted by Gasteiger charge is 2.06. The molecule has 96 valence electrons. The van der Waals surface area contributed by atoms with Crippen LogP contribution in [-0.4, -0.2) is 17.0 Å². The van der Waals surface area contributed by atoms with Gasteiger partial charge in [0.05, 0.1) is 12.1 Å². The molecule has 1 aromatic carbocycles. The molecule has 0 amide bonds. The summed E-state index contributed by atoms with van der Waals surface area (Å²) in [5.74, 6) is 1.14. The highest BCUT2D eigenvalue weighted by Crippen LogP contribution is 2.26. The van der Waals surface area contributed by atoms with Gasteiger partial charge in [-0.15, -0.1) is 0 Å². The largest absolute Gasteiger partial charge is 0.493 e. The van der Waals surface area contributed by atoms with E-state index in [2.05, 4.69) is 23.6 Å². The maximum atomic E-state index is 11.0. The van der Waals surface area contributed by atoms with Crippen LogP contribution in [0.2, 0.25) is 0 Å². The van der Waals surface area contributed by atoms with Crippen molar-refractivity contribution in [2.45, 2.75) is 33.2 Å². The Hall–Kier alpha value is -1.77. The molecule has 0 saturated carbocycles. The van der Waals surface area contributed by atoms with Crippen LogP contribution < -0.4 is 4.74 Å². The number of ether oxygens (including phenoxy) is 1. The molecular formula is C15H19NO2. The third-order valence-electron chi connectivity index (χ3n) is 2.94. The number of nitrogens with zero attached hydrogens (tertiary/aromatic N) is 1.